The molecule has 0 radical (unpaired) electrons. The number of nitrogens with one attached hydrogen (secondary N) is 4. The number of nitrogens with two attached hydrogens (primary N) is 1. The summed E-state index contributed by atoms with van der Waals surface area (Å²) in [6.45, 7) is 4.74. The second kappa shape index (κ2) is 25.4. The van der Waals surface area contributed by atoms with Crippen molar-refractivity contribution in [3.8, 4) is 23.0 Å². The molecule has 9 rings (SSSR count). The molecular weight excluding hydrogens is 1070 g/mol. The molecule has 81 heavy (non-hydrogen) atoms. The van der Waals surface area contributed by atoms with E-state index < -0.39 is 30.8 Å². The van der Waals surface area contributed by atoms with E-state index in [1.807, 2.05) is 75.4 Å². The van der Waals surface area contributed by atoms with Crippen LogP contribution in [0.25, 0.3) is 0 Å². The zero-order valence-electron chi connectivity index (χ0n) is 45.5. The number of benzene rings is 5. The molecule has 7 amide bonds. The largest absolute Gasteiger partial charge is 0.493 e. The Labute approximate surface area is 476 Å². The van der Waals surface area contributed by atoms with Crippen molar-refractivity contribution >= 4 is 104 Å². The fraction of sp³-hybridized carbons (Fsp3) is 0.339. The number of hydrogen-bond donors (Lipinski definition) is 5. The molecule has 4 heterocycles. The molecule has 0 aliphatic carbocycles. The highest BCUT2D eigenvalue weighted by molar-refractivity contribution is 8.77. The van der Waals surface area contributed by atoms with Gasteiger partial charge in [-0.05, 0) is 91.4 Å². The van der Waals surface area contributed by atoms with Crippen LogP contribution < -0.4 is 55.7 Å². The zero-order chi connectivity index (χ0) is 57.4. The third-order valence-corrected chi connectivity index (χ3v) is 17.9. The van der Waals surface area contributed by atoms with Crippen LogP contribution in [0.3, 0.4) is 0 Å². The minimum atomic E-state index is -0.640. The summed E-state index contributed by atoms with van der Waals surface area (Å²) in [5.74, 6) is -1.65. The lowest BCUT2D eigenvalue weighted by atomic mass is 10.1. The SMILES string of the molecule is COc1cc2c(cc1OCc1cc(COc3cc4c(cc3OC)C(=O)N3c5ccccc5C[C@H]3C=N4)cc(NC(=O)CNC(=O)CNC(=O)CNC(=O)CCC(C)(C)SSC(C)CCC(N)=O)c1)N=CC1Cc3ccccc3N1C2=O. The molecule has 0 bridgehead atoms. The normalized spacial score (nSPS) is 15.8. The van der Waals surface area contributed by atoms with E-state index in [9.17, 15) is 33.6 Å². The van der Waals surface area contributed by atoms with Gasteiger partial charge in [0.25, 0.3) is 11.8 Å². The number of para-hydroxylation sites is 2. The van der Waals surface area contributed by atoms with E-state index >= 15 is 0 Å². The Morgan fingerprint density at radius 3 is 1.63 bits per heavy atom. The van der Waals surface area contributed by atoms with E-state index in [1.165, 1.54) is 14.2 Å². The van der Waals surface area contributed by atoms with Crippen LogP contribution in [-0.2, 0) is 50.0 Å². The van der Waals surface area contributed by atoms with Gasteiger partial charge in [0.05, 0.1) is 68.4 Å². The van der Waals surface area contributed by atoms with E-state index in [2.05, 4.69) is 21.3 Å². The smallest absolute Gasteiger partial charge is 0.261 e. The summed E-state index contributed by atoms with van der Waals surface area (Å²) in [5.41, 5.74) is 12.1. The summed E-state index contributed by atoms with van der Waals surface area (Å²) in [4.78, 5) is 104. The highest BCUT2D eigenvalue weighted by Crippen LogP contribution is 2.44. The third kappa shape index (κ3) is 14.0. The lowest BCUT2D eigenvalue weighted by Gasteiger charge is -2.24. The molecule has 0 aromatic heterocycles. The number of carbonyl (C=O) groups is 7. The van der Waals surface area contributed by atoms with Crippen molar-refractivity contribution in [3.63, 3.8) is 0 Å². The van der Waals surface area contributed by atoms with Gasteiger partial charge >= 0.3 is 0 Å². The molecular formula is C59H63N9O11S2. The predicted molar refractivity (Wildman–Crippen MR) is 313 cm³/mol. The van der Waals surface area contributed by atoms with Crippen molar-refractivity contribution in [2.45, 2.75) is 94.6 Å². The van der Waals surface area contributed by atoms with Crippen LogP contribution in [0.15, 0.2) is 101 Å². The van der Waals surface area contributed by atoms with Gasteiger partial charge in [0, 0.05) is 77.3 Å². The summed E-state index contributed by atoms with van der Waals surface area (Å²) in [5, 5.41) is 10.6. The van der Waals surface area contributed by atoms with E-state index in [-0.39, 0.29) is 71.9 Å². The number of anilines is 3. The number of ether oxygens (including phenoxy) is 4. The number of rotatable bonds is 24. The molecule has 4 aliphatic rings. The summed E-state index contributed by atoms with van der Waals surface area (Å²) in [6, 6.07) is 26.9. The molecule has 22 heteroatoms. The molecule has 0 spiro atoms. The average molecular weight is 1140 g/mol. The summed E-state index contributed by atoms with van der Waals surface area (Å²) >= 11 is 0. The fourth-order valence-corrected chi connectivity index (χ4v) is 12.4. The molecule has 2 unspecified atom stereocenters. The van der Waals surface area contributed by atoms with Gasteiger partial charge in [0.15, 0.2) is 23.0 Å². The maximum absolute atomic E-state index is 14.1. The Kier molecular flexibility index (Phi) is 18.0. The molecule has 422 valence electrons. The number of aliphatic imine (C=N–C) groups is 2. The van der Waals surface area contributed by atoms with Crippen LogP contribution in [0.1, 0.15) is 89.4 Å². The quantitative estimate of drug-likeness (QED) is 0.0380. The Balaban J connectivity index is 0.845. The van der Waals surface area contributed by atoms with Gasteiger partial charge in [0.1, 0.15) is 13.2 Å². The van der Waals surface area contributed by atoms with E-state index in [0.29, 0.717) is 94.4 Å². The highest BCUT2D eigenvalue weighted by Gasteiger charge is 2.38. The zero-order valence-corrected chi connectivity index (χ0v) is 47.1. The molecule has 20 nitrogen and oxygen atoms in total. The Bertz CT molecular complexity index is 3190. The molecule has 3 atom stereocenters. The first-order valence-corrected chi connectivity index (χ1v) is 28.6. The summed E-state index contributed by atoms with van der Waals surface area (Å²) in [7, 11) is 6.23. The maximum Gasteiger partial charge on any atom is 0.261 e. The number of primary amides is 1. The van der Waals surface area contributed by atoms with Crippen molar-refractivity contribution in [2.75, 3.05) is 49.0 Å². The number of fused-ring (bicyclic) bond motifs is 8. The van der Waals surface area contributed by atoms with Crippen molar-refractivity contribution in [3.05, 3.63) is 124 Å². The van der Waals surface area contributed by atoms with Gasteiger partial charge in [-0.2, -0.15) is 0 Å². The molecule has 5 aromatic rings. The van der Waals surface area contributed by atoms with Gasteiger partial charge in [0.2, 0.25) is 29.5 Å². The van der Waals surface area contributed by atoms with Crippen LogP contribution in [0.4, 0.5) is 28.4 Å². The van der Waals surface area contributed by atoms with Crippen LogP contribution >= 0.6 is 21.6 Å². The number of amides is 7. The van der Waals surface area contributed by atoms with Crippen LogP contribution in [-0.4, -0.2) is 110 Å². The van der Waals surface area contributed by atoms with Gasteiger partial charge in [-0.1, -0.05) is 64.9 Å². The summed E-state index contributed by atoms with van der Waals surface area (Å²) < 4.78 is 24.0. The van der Waals surface area contributed by atoms with Crippen LogP contribution in [0.5, 0.6) is 23.0 Å². The van der Waals surface area contributed by atoms with Crippen LogP contribution in [0.2, 0.25) is 0 Å². The monoisotopic (exact) mass is 1140 g/mol. The van der Waals surface area contributed by atoms with Gasteiger partial charge in [-0.3, -0.25) is 53.3 Å². The van der Waals surface area contributed by atoms with Crippen molar-refractivity contribution in [2.24, 2.45) is 15.7 Å². The lowest BCUT2D eigenvalue weighted by molar-refractivity contribution is -0.128. The maximum atomic E-state index is 14.1. The van der Waals surface area contributed by atoms with Gasteiger partial charge in [-0.25, -0.2) is 0 Å². The standard InChI is InChI=1S/C59H63N9O11S2/c1-34(14-15-52(60)69)80-81-59(2,3)17-16-53(70)63-29-54(71)64-30-55(72)65-31-56(73)66-39-19-35(32-78-50-25-44-42(23-48(50)76-4)57(74)67-40(27-61-44)21-37-10-6-8-12-46(37)67)18-36(20-39)33-79-51-26-45-43(24-49(51)77-5)58(75)68-41(28-62-45)22-38-11-7-9-13-47(38)68/h6-13,18-20,23-28,34,40-41H,14-17,21-22,29-33H2,1-5H3,(H2,60,69)(H,63,70)(H,64,71)(H,65,72)(H,66,73)/t34?,40-,41?/m0/s1. The number of methoxy groups -OCH3 is 2. The molecule has 4 aliphatic heterocycles. The minimum Gasteiger partial charge on any atom is -0.493 e. The van der Waals surface area contributed by atoms with Crippen molar-refractivity contribution in [1.82, 2.24) is 16.0 Å². The van der Waals surface area contributed by atoms with Gasteiger partial charge in [-0.15, -0.1) is 0 Å². The van der Waals surface area contributed by atoms with Crippen molar-refractivity contribution < 1.29 is 52.5 Å². The molecule has 6 N–H and O–H groups in total. The first-order chi connectivity index (χ1) is 38.9. The number of nitrogens with zero attached hydrogens (tertiary/aromatic N) is 4. The van der Waals surface area contributed by atoms with E-state index in [1.54, 1.807) is 80.2 Å². The second-order valence-corrected chi connectivity index (χ2v) is 23.8. The summed E-state index contributed by atoms with van der Waals surface area (Å²) in [6.07, 6.45) is 6.51. The minimum absolute atomic E-state index is 0.0430. The third-order valence-electron chi connectivity index (χ3n) is 13.9. The first-order valence-electron chi connectivity index (χ1n) is 26.4. The van der Waals surface area contributed by atoms with Crippen LogP contribution in [0, 0.1) is 0 Å². The second-order valence-electron chi connectivity index (χ2n) is 20.5. The lowest BCUT2D eigenvalue weighted by Crippen LogP contribution is -2.43. The predicted octanol–water partition coefficient (Wildman–Crippen LogP) is 7.32. The van der Waals surface area contributed by atoms with E-state index in [4.69, 9.17) is 34.7 Å². The molecule has 0 fully saturated rings. The first kappa shape index (κ1) is 57.3. The van der Waals surface area contributed by atoms with E-state index in [0.717, 1.165) is 22.5 Å². The average Bonchev–Trinajstić information content (AvgIpc) is 4.12. The Morgan fingerprint density at radius 1 is 0.654 bits per heavy atom. The molecule has 0 saturated heterocycles. The topological polar surface area (TPSA) is 262 Å². The highest BCUT2D eigenvalue weighted by atomic mass is 33.1. The number of carbonyl (C=O) groups excluding carboxylic acids is 7. The Morgan fingerprint density at radius 2 is 1.14 bits per heavy atom. The number of hydrogen-bond acceptors (Lipinski definition) is 15. The molecule has 0 saturated carbocycles. The Hall–Kier alpha value is -8.37. The fourth-order valence-electron chi connectivity index (χ4n) is 9.72. The van der Waals surface area contributed by atoms with Gasteiger partial charge < -0.3 is 45.9 Å². The molecule has 5 aromatic carbocycles. The van der Waals surface area contributed by atoms with Crippen molar-refractivity contribution in [1.29, 1.82) is 0 Å².